The number of sulfonamides is 1. The Kier molecular flexibility index (Phi) is 6.04. The van der Waals surface area contributed by atoms with Crippen molar-refractivity contribution in [3.63, 3.8) is 0 Å². The van der Waals surface area contributed by atoms with Gasteiger partial charge >= 0.3 is 5.69 Å². The Morgan fingerprint density at radius 1 is 1.32 bits per heavy atom. The molecule has 1 aliphatic heterocycles. The Hall–Kier alpha value is -2.01. The lowest BCUT2D eigenvalue weighted by Gasteiger charge is -2.21. The summed E-state index contributed by atoms with van der Waals surface area (Å²) >= 11 is 0. The van der Waals surface area contributed by atoms with Gasteiger partial charge in [0, 0.05) is 40.8 Å². The van der Waals surface area contributed by atoms with Gasteiger partial charge in [0.15, 0.2) is 0 Å². The number of fused-ring (bicyclic) bond motifs is 1. The van der Waals surface area contributed by atoms with Crippen molar-refractivity contribution >= 4 is 20.9 Å². The first-order valence-corrected chi connectivity index (χ1v) is 10.6. The second-order valence-electron chi connectivity index (χ2n) is 7.24. The lowest BCUT2D eigenvalue weighted by molar-refractivity contribution is 0.158. The molecule has 28 heavy (non-hydrogen) atoms. The van der Waals surface area contributed by atoms with E-state index in [1.807, 2.05) is 0 Å². The molecule has 1 aliphatic rings. The van der Waals surface area contributed by atoms with Crippen LogP contribution in [0.2, 0.25) is 0 Å². The van der Waals surface area contributed by atoms with E-state index in [9.17, 15) is 18.0 Å². The molecule has 154 valence electrons. The Morgan fingerprint density at radius 2 is 2.07 bits per heavy atom. The Morgan fingerprint density at radius 3 is 2.79 bits per heavy atom. The van der Waals surface area contributed by atoms with E-state index >= 15 is 0 Å². The van der Waals surface area contributed by atoms with Crippen molar-refractivity contribution in [3.8, 4) is 0 Å². The molecule has 0 radical (unpaired) electrons. The SMILES string of the molecule is COCCN1CCC(CN(C)S(=O)(=O)c2ccc3[nH]c(=O)n(C)c(=O)c3c2)C1. The normalized spacial score (nSPS) is 18.4. The lowest BCUT2D eigenvalue weighted by Crippen LogP contribution is -2.34. The minimum Gasteiger partial charge on any atom is -0.383 e. The molecule has 2 heterocycles. The van der Waals surface area contributed by atoms with Crippen molar-refractivity contribution in [2.75, 3.05) is 46.9 Å². The number of aromatic nitrogens is 2. The molecule has 1 fully saturated rings. The number of ether oxygens (including phenoxy) is 1. The Labute approximate surface area is 163 Å². The minimum absolute atomic E-state index is 0.0425. The molecule has 10 heteroatoms. The van der Waals surface area contributed by atoms with Gasteiger partial charge < -0.3 is 14.6 Å². The number of hydrogen-bond acceptors (Lipinski definition) is 6. The fourth-order valence-corrected chi connectivity index (χ4v) is 4.84. The first-order chi connectivity index (χ1) is 13.2. The van der Waals surface area contributed by atoms with Crippen LogP contribution in [-0.2, 0) is 21.8 Å². The standard InChI is InChI=1S/C18H26N4O5S/c1-20(11-13-6-7-22(12-13)8-9-27-3)28(25,26)14-4-5-16-15(10-14)17(23)21(2)18(24)19-16/h4-5,10,13H,6-9,11-12H2,1-3H3,(H,19,24). The molecule has 1 N–H and O–H groups in total. The van der Waals surface area contributed by atoms with E-state index in [1.165, 1.54) is 29.6 Å². The van der Waals surface area contributed by atoms with Gasteiger partial charge in [0.1, 0.15) is 0 Å². The molecule has 0 aliphatic carbocycles. The van der Waals surface area contributed by atoms with Crippen LogP contribution in [0.15, 0.2) is 32.7 Å². The molecule has 9 nitrogen and oxygen atoms in total. The monoisotopic (exact) mass is 410 g/mol. The van der Waals surface area contributed by atoms with E-state index in [4.69, 9.17) is 4.74 Å². The van der Waals surface area contributed by atoms with Crippen molar-refractivity contribution in [1.82, 2.24) is 18.8 Å². The molecule has 0 saturated carbocycles. The topological polar surface area (TPSA) is 105 Å². The van der Waals surface area contributed by atoms with Crippen LogP contribution in [0.1, 0.15) is 6.42 Å². The maximum Gasteiger partial charge on any atom is 0.328 e. The summed E-state index contributed by atoms with van der Waals surface area (Å²) in [6.45, 7) is 3.68. The summed E-state index contributed by atoms with van der Waals surface area (Å²) in [5.41, 5.74) is -0.744. The largest absolute Gasteiger partial charge is 0.383 e. The number of nitrogens with one attached hydrogen (secondary N) is 1. The molecular weight excluding hydrogens is 384 g/mol. The molecule has 1 saturated heterocycles. The number of nitrogens with zero attached hydrogens (tertiary/aromatic N) is 3. The zero-order chi connectivity index (χ0) is 20.5. The summed E-state index contributed by atoms with van der Waals surface area (Å²) in [5.74, 6) is 0.251. The average Bonchev–Trinajstić information content (AvgIpc) is 3.11. The first-order valence-electron chi connectivity index (χ1n) is 9.14. The first kappa shape index (κ1) is 20.7. The average molecular weight is 410 g/mol. The molecule has 0 spiro atoms. The molecule has 1 aromatic carbocycles. The van der Waals surface area contributed by atoms with Crippen molar-refractivity contribution in [3.05, 3.63) is 39.0 Å². The van der Waals surface area contributed by atoms with Crippen LogP contribution >= 0.6 is 0 Å². The van der Waals surface area contributed by atoms with Gasteiger partial charge in [-0.2, -0.15) is 0 Å². The van der Waals surface area contributed by atoms with Gasteiger partial charge in [-0.3, -0.25) is 9.36 Å². The molecule has 0 amide bonds. The minimum atomic E-state index is -3.74. The number of hydrogen-bond donors (Lipinski definition) is 1. The van der Waals surface area contributed by atoms with Gasteiger partial charge in [0.25, 0.3) is 5.56 Å². The quantitative estimate of drug-likeness (QED) is 0.679. The number of methoxy groups -OCH3 is 1. The van der Waals surface area contributed by atoms with E-state index in [-0.39, 0.29) is 16.2 Å². The fourth-order valence-electron chi connectivity index (χ4n) is 3.57. The summed E-state index contributed by atoms with van der Waals surface area (Å²) in [7, 11) is 0.833. The molecule has 2 aromatic rings. The molecule has 1 unspecified atom stereocenters. The van der Waals surface area contributed by atoms with Gasteiger partial charge in [0.2, 0.25) is 10.0 Å². The molecule has 1 atom stereocenters. The van der Waals surface area contributed by atoms with Gasteiger partial charge in [-0.05, 0) is 37.1 Å². The number of H-pyrrole nitrogens is 1. The van der Waals surface area contributed by atoms with Crippen molar-refractivity contribution in [1.29, 1.82) is 0 Å². The highest BCUT2D eigenvalue weighted by atomic mass is 32.2. The van der Waals surface area contributed by atoms with Crippen LogP contribution in [0.3, 0.4) is 0 Å². The van der Waals surface area contributed by atoms with Crippen molar-refractivity contribution in [2.45, 2.75) is 11.3 Å². The summed E-state index contributed by atoms with van der Waals surface area (Å²) < 4.78 is 33.3. The van der Waals surface area contributed by atoms with Crippen LogP contribution in [0.4, 0.5) is 0 Å². The van der Waals surface area contributed by atoms with Crippen LogP contribution in [0.25, 0.3) is 10.9 Å². The van der Waals surface area contributed by atoms with Gasteiger partial charge in [-0.25, -0.2) is 17.5 Å². The van der Waals surface area contributed by atoms with Crippen LogP contribution in [0, 0.1) is 5.92 Å². The highest BCUT2D eigenvalue weighted by Crippen LogP contribution is 2.22. The number of likely N-dealkylation sites (tertiary alicyclic amines) is 1. The molecule has 0 bridgehead atoms. The van der Waals surface area contributed by atoms with Gasteiger partial charge in [0.05, 0.1) is 22.4 Å². The summed E-state index contributed by atoms with van der Waals surface area (Å²) in [4.78, 5) is 28.9. The van der Waals surface area contributed by atoms with Gasteiger partial charge in [-0.15, -0.1) is 0 Å². The Balaban J connectivity index is 1.80. The fraction of sp³-hybridized carbons (Fsp3) is 0.556. The lowest BCUT2D eigenvalue weighted by atomic mass is 10.1. The molecular formula is C18H26N4O5S. The third-order valence-corrected chi connectivity index (χ3v) is 7.10. The van der Waals surface area contributed by atoms with E-state index < -0.39 is 21.3 Å². The second kappa shape index (κ2) is 8.16. The van der Waals surface area contributed by atoms with E-state index in [0.29, 0.717) is 18.7 Å². The van der Waals surface area contributed by atoms with Crippen molar-refractivity contribution < 1.29 is 13.2 Å². The smallest absolute Gasteiger partial charge is 0.328 e. The predicted molar refractivity (Wildman–Crippen MR) is 106 cm³/mol. The van der Waals surface area contributed by atoms with Crippen molar-refractivity contribution in [2.24, 2.45) is 13.0 Å². The Bertz CT molecular complexity index is 1080. The highest BCUT2D eigenvalue weighted by Gasteiger charge is 2.28. The third-order valence-electron chi connectivity index (χ3n) is 5.28. The number of aromatic amines is 1. The summed E-state index contributed by atoms with van der Waals surface area (Å²) in [5, 5.41) is 0.170. The number of benzene rings is 1. The van der Waals surface area contributed by atoms with Gasteiger partial charge in [-0.1, -0.05) is 0 Å². The van der Waals surface area contributed by atoms with E-state index in [0.717, 1.165) is 30.6 Å². The second-order valence-corrected chi connectivity index (χ2v) is 9.28. The van der Waals surface area contributed by atoms with Crippen LogP contribution in [0.5, 0.6) is 0 Å². The van der Waals surface area contributed by atoms with Crippen LogP contribution in [-0.4, -0.2) is 74.1 Å². The number of rotatable bonds is 7. The zero-order valence-corrected chi connectivity index (χ0v) is 17.2. The zero-order valence-electron chi connectivity index (χ0n) is 16.3. The molecule has 1 aromatic heterocycles. The molecule has 3 rings (SSSR count). The van der Waals surface area contributed by atoms with Crippen LogP contribution < -0.4 is 11.2 Å². The third kappa shape index (κ3) is 4.04. The van der Waals surface area contributed by atoms with E-state index in [1.54, 1.807) is 14.2 Å². The summed E-state index contributed by atoms with van der Waals surface area (Å²) in [6.07, 6.45) is 0.934. The summed E-state index contributed by atoms with van der Waals surface area (Å²) in [6, 6.07) is 4.21. The van der Waals surface area contributed by atoms with E-state index in [2.05, 4.69) is 9.88 Å². The maximum atomic E-state index is 13.0. The highest BCUT2D eigenvalue weighted by molar-refractivity contribution is 7.89. The predicted octanol–water partition coefficient (Wildman–Crippen LogP) is -0.184. The maximum absolute atomic E-state index is 13.0.